The van der Waals surface area contributed by atoms with Crippen LogP contribution in [0, 0.1) is 0 Å². The molecule has 2 aliphatic rings. The Bertz CT molecular complexity index is 1120. The number of phenols is 2. The third kappa shape index (κ3) is 4.19. The van der Waals surface area contributed by atoms with Gasteiger partial charge in [-0.3, -0.25) is 4.79 Å². The fourth-order valence-electron chi connectivity index (χ4n) is 3.87. The minimum atomic E-state index is -1.88. The number of carbonyl (C=O) groups excluding carboxylic acids is 1. The molecule has 2 aliphatic heterocycles. The molecular weight excluding hydrogens is 456 g/mol. The molecule has 0 aliphatic carbocycles. The number of hydrogen-bond acceptors (Lipinski definition) is 11. The van der Waals surface area contributed by atoms with Gasteiger partial charge in [-0.05, 0) is 17.7 Å². The van der Waals surface area contributed by atoms with Gasteiger partial charge in [0.15, 0.2) is 23.4 Å². The second kappa shape index (κ2) is 8.99. The fourth-order valence-corrected chi connectivity index (χ4v) is 3.87. The van der Waals surface area contributed by atoms with Gasteiger partial charge >= 0.3 is 5.97 Å². The molecule has 4 rings (SSSR count). The maximum Gasteiger partial charge on any atom is 0.335 e. The van der Waals surface area contributed by atoms with Crippen molar-refractivity contribution in [1.82, 2.24) is 0 Å². The van der Waals surface area contributed by atoms with E-state index in [2.05, 4.69) is 0 Å². The maximum absolute atomic E-state index is 12.6. The fraction of sp³-hybridized carbons (Fsp3) is 0.364. The number of aliphatic carboxylic acids is 1. The molecule has 6 N–H and O–H groups in total. The van der Waals surface area contributed by atoms with Gasteiger partial charge in [-0.15, -0.1) is 0 Å². The number of carboxylic acid groups (broad SMARTS) is 1. The predicted molar refractivity (Wildman–Crippen MR) is 110 cm³/mol. The number of benzene rings is 2. The molecule has 0 amide bonds. The first-order chi connectivity index (χ1) is 16.1. The molecular formula is C22H22O12. The van der Waals surface area contributed by atoms with E-state index in [0.29, 0.717) is 5.56 Å². The Morgan fingerprint density at radius 2 is 1.76 bits per heavy atom. The number of aliphatic hydroxyl groups is 3. The van der Waals surface area contributed by atoms with Crippen molar-refractivity contribution in [2.24, 2.45) is 0 Å². The van der Waals surface area contributed by atoms with Gasteiger partial charge in [-0.25, -0.2) is 4.79 Å². The highest BCUT2D eigenvalue weighted by Crippen LogP contribution is 2.43. The lowest BCUT2D eigenvalue weighted by Crippen LogP contribution is -2.61. The van der Waals surface area contributed by atoms with Crippen LogP contribution in [0.5, 0.6) is 28.7 Å². The minimum absolute atomic E-state index is 0.00974. The molecule has 0 bridgehead atoms. The van der Waals surface area contributed by atoms with Gasteiger partial charge in [0.1, 0.15) is 47.2 Å². The summed E-state index contributed by atoms with van der Waals surface area (Å²) in [6.07, 6.45) is -10.0. The summed E-state index contributed by atoms with van der Waals surface area (Å²) in [5.74, 6) is -2.57. The van der Waals surface area contributed by atoms with E-state index in [4.69, 9.17) is 18.9 Å². The van der Waals surface area contributed by atoms with Crippen LogP contribution in [0.1, 0.15) is 28.4 Å². The zero-order valence-electron chi connectivity index (χ0n) is 17.7. The number of ether oxygens (including phenoxy) is 4. The van der Waals surface area contributed by atoms with Crippen LogP contribution in [0.15, 0.2) is 30.3 Å². The molecule has 2 heterocycles. The standard InChI is InChI=1S/C22H22O12/c1-31-12-3-2-8(13-7-11(25)16-10(24)5-9(23)6-15(16)32-13)4-14(12)33-22-19(28)17(26)18(27)20(34-22)21(29)30/h2-6,13,17-20,22-24,26-28H,7H2,1H3,(H,29,30)/t13?,17-,18-,19+,20-,22+/m0/s1. The Morgan fingerprint density at radius 1 is 1.03 bits per heavy atom. The van der Waals surface area contributed by atoms with Crippen molar-refractivity contribution in [2.75, 3.05) is 7.11 Å². The Labute approximate surface area is 192 Å². The van der Waals surface area contributed by atoms with E-state index in [0.717, 1.165) is 6.07 Å². The molecule has 0 saturated carbocycles. The van der Waals surface area contributed by atoms with E-state index in [1.807, 2.05) is 0 Å². The molecule has 0 radical (unpaired) electrons. The predicted octanol–water partition coefficient (Wildman–Crippen LogP) is 0.0839. The summed E-state index contributed by atoms with van der Waals surface area (Å²) >= 11 is 0. The van der Waals surface area contributed by atoms with Crippen LogP contribution in [0.25, 0.3) is 0 Å². The molecule has 34 heavy (non-hydrogen) atoms. The van der Waals surface area contributed by atoms with Gasteiger partial charge in [0.2, 0.25) is 6.29 Å². The van der Waals surface area contributed by atoms with E-state index in [-0.39, 0.29) is 35.0 Å². The smallest absolute Gasteiger partial charge is 0.335 e. The highest BCUT2D eigenvalue weighted by atomic mass is 16.7. The van der Waals surface area contributed by atoms with E-state index in [1.54, 1.807) is 6.07 Å². The van der Waals surface area contributed by atoms with E-state index in [1.165, 1.54) is 25.3 Å². The third-order valence-corrected chi connectivity index (χ3v) is 5.60. The molecule has 12 nitrogen and oxygen atoms in total. The summed E-state index contributed by atoms with van der Waals surface area (Å²) in [6.45, 7) is 0. The summed E-state index contributed by atoms with van der Waals surface area (Å²) < 4.78 is 21.8. The number of aliphatic hydroxyl groups excluding tert-OH is 3. The first-order valence-corrected chi connectivity index (χ1v) is 10.1. The number of hydrogen-bond donors (Lipinski definition) is 6. The van der Waals surface area contributed by atoms with E-state index < -0.39 is 54.3 Å². The van der Waals surface area contributed by atoms with Crippen molar-refractivity contribution in [1.29, 1.82) is 0 Å². The molecule has 0 spiro atoms. The molecule has 0 aromatic heterocycles. The van der Waals surface area contributed by atoms with Crippen LogP contribution in [0.3, 0.4) is 0 Å². The second-order valence-corrected chi connectivity index (χ2v) is 7.84. The zero-order chi connectivity index (χ0) is 24.7. The van der Waals surface area contributed by atoms with Crippen LogP contribution >= 0.6 is 0 Å². The van der Waals surface area contributed by atoms with Crippen LogP contribution in [0.4, 0.5) is 0 Å². The average Bonchev–Trinajstić information content (AvgIpc) is 2.78. The summed E-state index contributed by atoms with van der Waals surface area (Å²) in [5.41, 5.74) is 0.364. The van der Waals surface area contributed by atoms with Gasteiger partial charge in [0, 0.05) is 12.1 Å². The molecule has 1 unspecified atom stereocenters. The SMILES string of the molecule is COc1ccc(C2CC(=O)c3c(O)cc(O)cc3O2)cc1O[C@@H]1O[C@H](C(=O)O)[C@@H](O)[C@H](O)[C@H]1O. The average molecular weight is 478 g/mol. The molecule has 1 saturated heterocycles. The minimum Gasteiger partial charge on any atom is -0.508 e. The number of aromatic hydroxyl groups is 2. The largest absolute Gasteiger partial charge is 0.508 e. The molecule has 182 valence electrons. The third-order valence-electron chi connectivity index (χ3n) is 5.60. The lowest BCUT2D eigenvalue weighted by Gasteiger charge is -2.38. The number of phenolic OH excluding ortho intramolecular Hbond substituents is 2. The first-order valence-electron chi connectivity index (χ1n) is 10.1. The molecule has 12 heteroatoms. The van der Waals surface area contributed by atoms with Crippen LogP contribution in [-0.2, 0) is 9.53 Å². The first kappa shape index (κ1) is 23.6. The molecule has 2 aromatic carbocycles. The zero-order valence-corrected chi connectivity index (χ0v) is 17.7. The number of rotatable bonds is 5. The number of methoxy groups -OCH3 is 1. The quantitative estimate of drug-likeness (QED) is 0.340. The maximum atomic E-state index is 12.6. The Balaban J connectivity index is 1.63. The second-order valence-electron chi connectivity index (χ2n) is 7.84. The number of ketones is 1. The lowest BCUT2D eigenvalue weighted by molar-refractivity contribution is -0.271. The van der Waals surface area contributed by atoms with Gasteiger partial charge in [0.05, 0.1) is 13.5 Å². The van der Waals surface area contributed by atoms with Crippen molar-refractivity contribution >= 4 is 11.8 Å². The van der Waals surface area contributed by atoms with Crippen molar-refractivity contribution < 1.29 is 59.2 Å². The normalized spacial score (nSPS) is 28.5. The number of fused-ring (bicyclic) bond motifs is 1. The van der Waals surface area contributed by atoms with Crippen molar-refractivity contribution in [3.63, 3.8) is 0 Å². The van der Waals surface area contributed by atoms with Gasteiger partial charge < -0.3 is 49.6 Å². The van der Waals surface area contributed by atoms with E-state index in [9.17, 15) is 40.2 Å². The van der Waals surface area contributed by atoms with Crippen LogP contribution in [0.2, 0.25) is 0 Å². The summed E-state index contributed by atoms with van der Waals surface area (Å²) in [6, 6.07) is 6.70. The number of carbonyl (C=O) groups is 2. The Hall–Kier alpha value is -3.58. The Kier molecular flexibility index (Phi) is 6.23. The van der Waals surface area contributed by atoms with Crippen LogP contribution in [-0.4, -0.2) is 80.2 Å². The van der Waals surface area contributed by atoms with Gasteiger partial charge in [-0.1, -0.05) is 6.07 Å². The lowest BCUT2D eigenvalue weighted by atomic mass is 9.95. The number of carboxylic acids is 1. The molecule has 1 fully saturated rings. The Morgan fingerprint density at radius 3 is 2.44 bits per heavy atom. The van der Waals surface area contributed by atoms with Gasteiger partial charge in [0.25, 0.3) is 0 Å². The highest BCUT2D eigenvalue weighted by molar-refractivity contribution is 6.02. The van der Waals surface area contributed by atoms with Crippen molar-refractivity contribution in [3.8, 4) is 28.7 Å². The van der Waals surface area contributed by atoms with Crippen LogP contribution < -0.4 is 14.2 Å². The molecule has 2 aromatic rings. The van der Waals surface area contributed by atoms with Gasteiger partial charge in [-0.2, -0.15) is 0 Å². The molecule has 6 atom stereocenters. The number of Topliss-reactive ketones (excluding diaryl/α,β-unsaturated/α-hetero) is 1. The van der Waals surface area contributed by atoms with Crippen molar-refractivity contribution in [2.45, 2.75) is 43.2 Å². The highest BCUT2D eigenvalue weighted by Gasteiger charge is 2.48. The summed E-state index contributed by atoms with van der Waals surface area (Å²) in [4.78, 5) is 23.9. The summed E-state index contributed by atoms with van der Waals surface area (Å²) in [7, 11) is 1.33. The van der Waals surface area contributed by atoms with Crippen molar-refractivity contribution in [3.05, 3.63) is 41.5 Å². The topological polar surface area (TPSA) is 192 Å². The monoisotopic (exact) mass is 478 g/mol. The summed E-state index contributed by atoms with van der Waals surface area (Å²) in [5, 5.41) is 59.0. The van der Waals surface area contributed by atoms with E-state index >= 15 is 0 Å².